The summed E-state index contributed by atoms with van der Waals surface area (Å²) in [5, 5.41) is 0. The first-order valence-electron chi connectivity index (χ1n) is 6.08. The Morgan fingerprint density at radius 1 is 0.737 bits per heavy atom. The Labute approximate surface area is 113 Å². The van der Waals surface area contributed by atoms with Crippen molar-refractivity contribution in [2.45, 2.75) is 5.79 Å². The molecular formula is C16H18O3. The fourth-order valence-corrected chi connectivity index (χ4v) is 2.27. The summed E-state index contributed by atoms with van der Waals surface area (Å²) >= 11 is 0. The lowest BCUT2D eigenvalue weighted by molar-refractivity contribution is -0.184. The van der Waals surface area contributed by atoms with Crippen molar-refractivity contribution in [2.24, 2.45) is 0 Å². The lowest BCUT2D eigenvalue weighted by atomic mass is 9.96. The van der Waals surface area contributed by atoms with Crippen LogP contribution < -0.4 is 4.74 Å². The number of hydrogen-bond acceptors (Lipinski definition) is 3. The molecule has 0 saturated carbocycles. The van der Waals surface area contributed by atoms with Crippen molar-refractivity contribution in [1.82, 2.24) is 0 Å². The van der Waals surface area contributed by atoms with Crippen molar-refractivity contribution in [3.63, 3.8) is 0 Å². The predicted molar refractivity (Wildman–Crippen MR) is 74.2 cm³/mol. The summed E-state index contributed by atoms with van der Waals surface area (Å²) < 4.78 is 16.8. The van der Waals surface area contributed by atoms with Gasteiger partial charge in [0.05, 0.1) is 12.7 Å². The van der Waals surface area contributed by atoms with E-state index in [9.17, 15) is 0 Å². The molecule has 0 N–H and O–H groups in total. The van der Waals surface area contributed by atoms with Crippen molar-refractivity contribution >= 4 is 0 Å². The molecule has 3 heteroatoms. The summed E-state index contributed by atoms with van der Waals surface area (Å²) in [5.74, 6) is -0.233. The number of hydrogen-bond donors (Lipinski definition) is 0. The maximum absolute atomic E-state index is 5.70. The van der Waals surface area contributed by atoms with E-state index in [2.05, 4.69) is 0 Å². The van der Waals surface area contributed by atoms with Crippen LogP contribution in [0.15, 0.2) is 54.6 Å². The quantitative estimate of drug-likeness (QED) is 0.771. The summed E-state index contributed by atoms with van der Waals surface area (Å²) in [6.07, 6.45) is 0. The Hall–Kier alpha value is -1.84. The Bertz CT molecular complexity index is 519. The Morgan fingerprint density at radius 2 is 1.32 bits per heavy atom. The van der Waals surface area contributed by atoms with Crippen LogP contribution in [0.1, 0.15) is 11.1 Å². The molecule has 0 amide bonds. The number of rotatable bonds is 5. The molecule has 19 heavy (non-hydrogen) atoms. The summed E-state index contributed by atoms with van der Waals surface area (Å²) in [6, 6.07) is 17.5. The third kappa shape index (κ3) is 2.35. The van der Waals surface area contributed by atoms with Crippen LogP contribution >= 0.6 is 0 Å². The molecule has 2 aromatic rings. The Kier molecular flexibility index (Phi) is 4.20. The lowest BCUT2D eigenvalue weighted by Gasteiger charge is -2.32. The molecule has 0 unspecified atom stereocenters. The van der Waals surface area contributed by atoms with Gasteiger partial charge >= 0.3 is 0 Å². The molecule has 2 aromatic carbocycles. The number of methoxy groups -OCH3 is 3. The van der Waals surface area contributed by atoms with E-state index < -0.39 is 5.79 Å². The highest BCUT2D eigenvalue weighted by Gasteiger charge is 2.36. The average Bonchev–Trinajstić information content (AvgIpc) is 2.51. The minimum Gasteiger partial charge on any atom is -0.496 e. The van der Waals surface area contributed by atoms with Gasteiger partial charge in [-0.05, 0) is 12.1 Å². The van der Waals surface area contributed by atoms with E-state index in [-0.39, 0.29) is 0 Å². The second kappa shape index (κ2) is 5.87. The summed E-state index contributed by atoms with van der Waals surface area (Å²) in [6.45, 7) is 0. The molecule has 0 saturated heterocycles. The largest absolute Gasteiger partial charge is 0.496 e. The van der Waals surface area contributed by atoms with Crippen LogP contribution in [0.2, 0.25) is 0 Å². The highest BCUT2D eigenvalue weighted by Crippen LogP contribution is 2.38. The normalized spacial score (nSPS) is 11.3. The van der Waals surface area contributed by atoms with E-state index in [4.69, 9.17) is 14.2 Å². The van der Waals surface area contributed by atoms with Crippen molar-refractivity contribution in [3.8, 4) is 5.75 Å². The third-order valence-corrected chi connectivity index (χ3v) is 3.19. The first kappa shape index (κ1) is 13.6. The van der Waals surface area contributed by atoms with Gasteiger partial charge in [-0.2, -0.15) is 0 Å². The topological polar surface area (TPSA) is 27.7 Å². The maximum Gasteiger partial charge on any atom is 0.225 e. The molecule has 0 spiro atoms. The van der Waals surface area contributed by atoms with Crippen molar-refractivity contribution in [2.75, 3.05) is 21.3 Å². The van der Waals surface area contributed by atoms with Gasteiger partial charge < -0.3 is 14.2 Å². The predicted octanol–water partition coefficient (Wildman–Crippen LogP) is 3.19. The molecule has 0 radical (unpaired) electrons. The molecule has 3 nitrogen and oxygen atoms in total. The van der Waals surface area contributed by atoms with Crippen LogP contribution in [0, 0.1) is 0 Å². The fourth-order valence-electron chi connectivity index (χ4n) is 2.27. The lowest BCUT2D eigenvalue weighted by Crippen LogP contribution is -2.32. The number of benzene rings is 2. The van der Waals surface area contributed by atoms with Crippen LogP contribution in [0.25, 0.3) is 0 Å². The van der Waals surface area contributed by atoms with E-state index in [1.807, 2.05) is 54.6 Å². The summed E-state index contributed by atoms with van der Waals surface area (Å²) in [4.78, 5) is 0. The SMILES string of the molecule is COc1ccccc1C(OC)(OC)c1ccccc1. The van der Waals surface area contributed by atoms with Crippen molar-refractivity contribution in [1.29, 1.82) is 0 Å². The maximum atomic E-state index is 5.70. The molecule has 2 rings (SSSR count). The molecular weight excluding hydrogens is 240 g/mol. The van der Waals surface area contributed by atoms with E-state index in [1.54, 1.807) is 21.3 Å². The molecule has 0 atom stereocenters. The summed E-state index contributed by atoms with van der Waals surface area (Å²) in [7, 11) is 4.89. The van der Waals surface area contributed by atoms with Gasteiger partial charge in [0.25, 0.3) is 0 Å². The minimum atomic E-state index is -0.964. The van der Waals surface area contributed by atoms with Gasteiger partial charge in [-0.15, -0.1) is 0 Å². The number of ether oxygens (including phenoxy) is 3. The molecule has 0 aliphatic carbocycles. The zero-order valence-corrected chi connectivity index (χ0v) is 11.4. The van der Waals surface area contributed by atoms with Gasteiger partial charge in [-0.1, -0.05) is 42.5 Å². The minimum absolute atomic E-state index is 0.732. The van der Waals surface area contributed by atoms with Gasteiger partial charge in [0.15, 0.2) is 0 Å². The zero-order valence-electron chi connectivity index (χ0n) is 11.4. The van der Waals surface area contributed by atoms with Crippen LogP contribution in [-0.2, 0) is 15.3 Å². The van der Waals surface area contributed by atoms with Gasteiger partial charge in [0.2, 0.25) is 5.79 Å². The molecule has 100 valence electrons. The first-order chi connectivity index (χ1) is 9.28. The van der Waals surface area contributed by atoms with E-state index in [1.165, 1.54) is 0 Å². The van der Waals surface area contributed by atoms with Gasteiger partial charge in [-0.25, -0.2) is 0 Å². The van der Waals surface area contributed by atoms with Crippen molar-refractivity contribution in [3.05, 3.63) is 65.7 Å². The molecule has 0 aliphatic rings. The monoisotopic (exact) mass is 258 g/mol. The number of para-hydroxylation sites is 1. The standard InChI is InChI=1S/C16H18O3/c1-17-15-12-8-7-11-14(15)16(18-2,19-3)13-9-5-4-6-10-13/h4-12H,1-3H3. The van der Waals surface area contributed by atoms with E-state index in [0.717, 1.165) is 16.9 Å². The molecule has 0 aliphatic heterocycles. The van der Waals surface area contributed by atoms with Crippen LogP contribution in [0.3, 0.4) is 0 Å². The smallest absolute Gasteiger partial charge is 0.225 e. The molecule has 0 heterocycles. The third-order valence-electron chi connectivity index (χ3n) is 3.19. The zero-order chi connectivity index (χ0) is 13.7. The van der Waals surface area contributed by atoms with E-state index in [0.29, 0.717) is 0 Å². The molecule has 0 bridgehead atoms. The highest BCUT2D eigenvalue weighted by atomic mass is 16.7. The fraction of sp³-hybridized carbons (Fsp3) is 0.250. The van der Waals surface area contributed by atoms with Crippen molar-refractivity contribution < 1.29 is 14.2 Å². The second-order valence-electron chi connectivity index (χ2n) is 4.09. The molecule has 0 aromatic heterocycles. The Balaban J connectivity index is 2.63. The van der Waals surface area contributed by atoms with Crippen LogP contribution in [0.4, 0.5) is 0 Å². The molecule has 0 fully saturated rings. The first-order valence-corrected chi connectivity index (χ1v) is 6.08. The van der Waals surface area contributed by atoms with Gasteiger partial charge in [-0.3, -0.25) is 0 Å². The van der Waals surface area contributed by atoms with E-state index >= 15 is 0 Å². The second-order valence-corrected chi connectivity index (χ2v) is 4.09. The average molecular weight is 258 g/mol. The van der Waals surface area contributed by atoms with Crippen LogP contribution in [-0.4, -0.2) is 21.3 Å². The van der Waals surface area contributed by atoms with Gasteiger partial charge in [0, 0.05) is 19.8 Å². The summed E-state index contributed by atoms with van der Waals surface area (Å²) in [5.41, 5.74) is 1.76. The highest BCUT2D eigenvalue weighted by molar-refractivity contribution is 5.43. The van der Waals surface area contributed by atoms with Gasteiger partial charge in [0.1, 0.15) is 5.75 Å². The Morgan fingerprint density at radius 3 is 1.89 bits per heavy atom. The van der Waals surface area contributed by atoms with Crippen LogP contribution in [0.5, 0.6) is 5.75 Å².